The van der Waals surface area contributed by atoms with Gasteiger partial charge in [-0.15, -0.1) is 0 Å². The second-order valence-electron chi connectivity index (χ2n) is 8.21. The Kier molecular flexibility index (Phi) is 7.55. The zero-order valence-electron chi connectivity index (χ0n) is 18.0. The zero-order valence-corrected chi connectivity index (χ0v) is 18.0. The number of rotatable bonds is 8. The van der Waals surface area contributed by atoms with Gasteiger partial charge in [0.25, 0.3) is 0 Å². The minimum atomic E-state index is 0.414. The van der Waals surface area contributed by atoms with Gasteiger partial charge in [0.15, 0.2) is 0 Å². The molecule has 0 spiro atoms. The van der Waals surface area contributed by atoms with Gasteiger partial charge < -0.3 is 14.5 Å². The first-order chi connectivity index (χ1) is 14.1. The largest absolute Gasteiger partial charge is 0.492 e. The topological polar surface area (TPSA) is 39.5 Å². The highest BCUT2D eigenvalue weighted by Gasteiger charge is 2.31. The Labute approximate surface area is 175 Å². The van der Waals surface area contributed by atoms with E-state index in [1.165, 1.54) is 24.1 Å². The van der Waals surface area contributed by atoms with Crippen molar-refractivity contribution in [1.82, 2.24) is 4.90 Å². The molecule has 0 amide bonds. The summed E-state index contributed by atoms with van der Waals surface area (Å²) in [7, 11) is 4.15. The molecule has 154 valence electrons. The van der Waals surface area contributed by atoms with E-state index in [4.69, 9.17) is 4.74 Å². The lowest BCUT2D eigenvalue weighted by molar-refractivity contribution is 0.110. The third-order valence-electron chi connectivity index (χ3n) is 5.94. The summed E-state index contributed by atoms with van der Waals surface area (Å²) in [6.45, 7) is 6.24. The standard InChI is InChI=1S/C25H33N3O/c1-4-5-15-28-16-14-24(20-10-12-23(13-11-20)27(2)3)22(18-28)19-29-25-9-7-6-8-21(25)17-26/h6-13,22,24H,4-5,14-16,18-19H2,1-3H3/t22-,24-/m1/s1. The molecular formula is C25H33N3O. The molecule has 2 aromatic carbocycles. The molecular weight excluding hydrogens is 358 g/mol. The molecule has 1 aliphatic rings. The van der Waals surface area contributed by atoms with Crippen LogP contribution in [0.1, 0.15) is 43.2 Å². The van der Waals surface area contributed by atoms with Crippen LogP contribution in [0.5, 0.6) is 5.75 Å². The van der Waals surface area contributed by atoms with Gasteiger partial charge in [0.1, 0.15) is 11.8 Å². The Hall–Kier alpha value is -2.51. The minimum absolute atomic E-state index is 0.414. The van der Waals surface area contributed by atoms with Gasteiger partial charge in [-0.25, -0.2) is 0 Å². The van der Waals surface area contributed by atoms with E-state index in [-0.39, 0.29) is 0 Å². The van der Waals surface area contributed by atoms with E-state index in [1.807, 2.05) is 24.3 Å². The number of piperidine rings is 1. The number of nitrogens with zero attached hydrogens (tertiary/aromatic N) is 3. The van der Waals surface area contributed by atoms with Gasteiger partial charge in [0.05, 0.1) is 12.2 Å². The van der Waals surface area contributed by atoms with Crippen molar-refractivity contribution >= 4 is 5.69 Å². The Morgan fingerprint density at radius 1 is 1.14 bits per heavy atom. The van der Waals surface area contributed by atoms with Crippen molar-refractivity contribution < 1.29 is 4.74 Å². The van der Waals surface area contributed by atoms with Crippen molar-refractivity contribution in [2.45, 2.75) is 32.1 Å². The molecule has 2 atom stereocenters. The Balaban J connectivity index is 1.75. The molecule has 1 aliphatic heterocycles. The van der Waals surface area contributed by atoms with Crippen LogP contribution in [-0.2, 0) is 0 Å². The molecule has 0 radical (unpaired) electrons. The summed E-state index contributed by atoms with van der Waals surface area (Å²) in [5, 5.41) is 9.35. The fourth-order valence-corrected chi connectivity index (χ4v) is 4.20. The maximum absolute atomic E-state index is 9.35. The molecule has 29 heavy (non-hydrogen) atoms. The van der Waals surface area contributed by atoms with Crippen LogP contribution in [-0.4, -0.2) is 45.2 Å². The Morgan fingerprint density at radius 3 is 2.59 bits per heavy atom. The Bertz CT molecular complexity index is 810. The molecule has 4 heteroatoms. The summed E-state index contributed by atoms with van der Waals surface area (Å²) in [4.78, 5) is 4.72. The monoisotopic (exact) mass is 391 g/mol. The first-order valence-corrected chi connectivity index (χ1v) is 10.7. The van der Waals surface area contributed by atoms with Crippen molar-refractivity contribution in [1.29, 1.82) is 5.26 Å². The summed E-state index contributed by atoms with van der Waals surface area (Å²) < 4.78 is 6.18. The number of likely N-dealkylation sites (tertiary alicyclic amines) is 1. The molecule has 1 saturated heterocycles. The first-order valence-electron chi connectivity index (χ1n) is 10.7. The van der Waals surface area contributed by atoms with E-state index in [1.54, 1.807) is 0 Å². The lowest BCUT2D eigenvalue weighted by Crippen LogP contribution is -2.42. The van der Waals surface area contributed by atoms with Gasteiger partial charge in [-0.3, -0.25) is 0 Å². The van der Waals surface area contributed by atoms with E-state index >= 15 is 0 Å². The number of ether oxygens (including phenoxy) is 1. The average Bonchev–Trinajstić information content (AvgIpc) is 2.76. The van der Waals surface area contributed by atoms with Gasteiger partial charge in [-0.1, -0.05) is 37.6 Å². The van der Waals surface area contributed by atoms with Crippen LogP contribution in [0.3, 0.4) is 0 Å². The summed E-state index contributed by atoms with van der Waals surface area (Å²) in [5.41, 5.74) is 3.23. The smallest absolute Gasteiger partial charge is 0.137 e. The van der Waals surface area contributed by atoms with Crippen molar-refractivity contribution in [3.05, 3.63) is 59.7 Å². The summed E-state index contributed by atoms with van der Waals surface area (Å²) in [5.74, 6) is 1.60. The molecule has 0 aromatic heterocycles. The molecule has 3 rings (SSSR count). The Morgan fingerprint density at radius 2 is 1.90 bits per heavy atom. The second kappa shape index (κ2) is 10.3. The van der Waals surface area contributed by atoms with Crippen LogP contribution in [0.2, 0.25) is 0 Å². The van der Waals surface area contributed by atoms with Gasteiger partial charge in [-0.2, -0.15) is 5.26 Å². The zero-order chi connectivity index (χ0) is 20.6. The molecule has 0 bridgehead atoms. The fourth-order valence-electron chi connectivity index (χ4n) is 4.20. The number of hydrogen-bond acceptors (Lipinski definition) is 4. The van der Waals surface area contributed by atoms with Crippen molar-refractivity contribution in [2.24, 2.45) is 5.92 Å². The quantitative estimate of drug-likeness (QED) is 0.641. The van der Waals surface area contributed by atoms with E-state index < -0.39 is 0 Å². The summed E-state index contributed by atoms with van der Waals surface area (Å²) in [6, 6.07) is 18.7. The van der Waals surface area contributed by atoms with E-state index in [2.05, 4.69) is 61.2 Å². The predicted molar refractivity (Wildman–Crippen MR) is 120 cm³/mol. The number of hydrogen-bond donors (Lipinski definition) is 0. The molecule has 0 N–H and O–H groups in total. The van der Waals surface area contributed by atoms with Crippen LogP contribution in [0.15, 0.2) is 48.5 Å². The molecule has 1 fully saturated rings. The maximum atomic E-state index is 9.35. The average molecular weight is 392 g/mol. The fraction of sp³-hybridized carbons (Fsp3) is 0.480. The van der Waals surface area contributed by atoms with Crippen LogP contribution < -0.4 is 9.64 Å². The van der Waals surface area contributed by atoms with E-state index in [9.17, 15) is 5.26 Å². The van der Waals surface area contributed by atoms with Crippen molar-refractivity contribution in [3.63, 3.8) is 0 Å². The predicted octanol–water partition coefficient (Wildman–Crippen LogP) is 4.91. The number of para-hydroxylation sites is 1. The molecule has 0 saturated carbocycles. The minimum Gasteiger partial charge on any atom is -0.492 e. The molecule has 0 unspecified atom stereocenters. The SMILES string of the molecule is CCCCN1CC[C@H](c2ccc(N(C)C)cc2)[C@@H](COc2ccccc2C#N)C1. The lowest BCUT2D eigenvalue weighted by atomic mass is 9.80. The van der Waals surface area contributed by atoms with E-state index in [0.29, 0.717) is 29.8 Å². The summed E-state index contributed by atoms with van der Waals surface area (Å²) in [6.07, 6.45) is 3.62. The van der Waals surface area contributed by atoms with Crippen molar-refractivity contribution in [3.8, 4) is 11.8 Å². The maximum Gasteiger partial charge on any atom is 0.137 e. The van der Waals surface area contributed by atoms with E-state index in [0.717, 1.165) is 26.1 Å². The number of unbranched alkanes of at least 4 members (excludes halogenated alkanes) is 1. The third-order valence-corrected chi connectivity index (χ3v) is 5.94. The highest BCUT2D eigenvalue weighted by Crippen LogP contribution is 2.35. The normalized spacial score (nSPS) is 19.5. The van der Waals surface area contributed by atoms with Gasteiger partial charge in [0, 0.05) is 32.2 Å². The molecule has 2 aromatic rings. The number of nitriles is 1. The van der Waals surface area contributed by atoms with Crippen molar-refractivity contribution in [2.75, 3.05) is 45.2 Å². The van der Waals surface area contributed by atoms with Crippen LogP contribution in [0.4, 0.5) is 5.69 Å². The second-order valence-corrected chi connectivity index (χ2v) is 8.21. The van der Waals surface area contributed by atoms with Crippen LogP contribution in [0, 0.1) is 17.2 Å². The van der Waals surface area contributed by atoms with Crippen LogP contribution >= 0.6 is 0 Å². The van der Waals surface area contributed by atoms with Crippen LogP contribution in [0.25, 0.3) is 0 Å². The molecule has 1 heterocycles. The third kappa shape index (κ3) is 5.52. The number of anilines is 1. The van der Waals surface area contributed by atoms with Gasteiger partial charge in [-0.05, 0) is 61.7 Å². The highest BCUT2D eigenvalue weighted by atomic mass is 16.5. The molecule has 4 nitrogen and oxygen atoms in total. The number of benzene rings is 2. The molecule has 0 aliphatic carbocycles. The highest BCUT2D eigenvalue weighted by molar-refractivity contribution is 5.47. The first kappa shape index (κ1) is 21.2. The summed E-state index contributed by atoms with van der Waals surface area (Å²) >= 11 is 0. The van der Waals surface area contributed by atoms with Gasteiger partial charge in [0.2, 0.25) is 0 Å². The van der Waals surface area contributed by atoms with Gasteiger partial charge >= 0.3 is 0 Å². The lowest BCUT2D eigenvalue weighted by Gasteiger charge is -2.39.